The van der Waals surface area contributed by atoms with Gasteiger partial charge in [-0.25, -0.2) is 0 Å². The Morgan fingerprint density at radius 2 is 1.45 bits per heavy atom. The molecular weight excluding hydrogens is 140 g/mol. The monoisotopic (exact) mass is 152 g/mol. The highest BCUT2D eigenvalue weighted by Gasteiger charge is 2.02. The van der Waals surface area contributed by atoms with Gasteiger partial charge in [-0.1, -0.05) is 0 Å². The molecule has 0 bridgehead atoms. The van der Waals surface area contributed by atoms with E-state index in [-0.39, 0.29) is 11.8 Å². The number of ether oxygens (including phenoxy) is 1. The van der Waals surface area contributed by atoms with E-state index in [1.165, 1.54) is 0 Å². The van der Waals surface area contributed by atoms with Gasteiger partial charge in [0.1, 0.15) is 0 Å². The normalized spacial score (nSPS) is 14.5. The van der Waals surface area contributed by atoms with Crippen LogP contribution >= 0.6 is 0 Å². The first-order valence-corrected chi connectivity index (χ1v) is 3.57. The third kappa shape index (κ3) is 5.39. The lowest BCUT2D eigenvalue weighted by Crippen LogP contribution is -2.09. The minimum absolute atomic E-state index is 0.0825. The number of rotatable bonds is 4. The standard InChI is InChI=1S/C8H12N2O/c1-7(3-9)5-11-6-8(2)4-10/h7-8H,5-6H2,1-2H3. The Morgan fingerprint density at radius 1 is 1.09 bits per heavy atom. The van der Waals surface area contributed by atoms with Crippen LogP contribution in [-0.2, 0) is 4.74 Å². The SMILES string of the molecule is CC(C#N)COCC(C)C#N. The fourth-order valence-corrected chi connectivity index (χ4v) is 0.496. The average molecular weight is 152 g/mol. The van der Waals surface area contributed by atoms with E-state index in [0.717, 1.165) is 0 Å². The van der Waals surface area contributed by atoms with Gasteiger partial charge in [0.25, 0.3) is 0 Å². The van der Waals surface area contributed by atoms with E-state index < -0.39 is 0 Å². The van der Waals surface area contributed by atoms with Crippen LogP contribution in [0.15, 0.2) is 0 Å². The summed E-state index contributed by atoms with van der Waals surface area (Å²) in [5.74, 6) is -0.165. The number of nitrogens with zero attached hydrogens (tertiary/aromatic N) is 2. The third-order valence-electron chi connectivity index (χ3n) is 1.18. The zero-order chi connectivity index (χ0) is 8.69. The summed E-state index contributed by atoms with van der Waals surface area (Å²) in [6.45, 7) is 4.42. The molecule has 0 heterocycles. The molecule has 0 amide bonds. The minimum atomic E-state index is -0.0825. The van der Waals surface area contributed by atoms with Gasteiger partial charge in [0, 0.05) is 0 Å². The van der Waals surface area contributed by atoms with Crippen molar-refractivity contribution in [1.82, 2.24) is 0 Å². The molecule has 0 rings (SSSR count). The summed E-state index contributed by atoms with van der Waals surface area (Å²) in [6.07, 6.45) is 0. The molecule has 0 saturated heterocycles. The maximum atomic E-state index is 8.36. The molecule has 0 N–H and O–H groups in total. The number of nitriles is 2. The predicted octanol–water partition coefficient (Wildman–Crippen LogP) is 1.32. The lowest BCUT2D eigenvalue weighted by molar-refractivity contribution is 0.104. The molecule has 0 aromatic carbocycles. The van der Waals surface area contributed by atoms with Crippen LogP contribution in [0.25, 0.3) is 0 Å². The first kappa shape index (κ1) is 9.94. The summed E-state index contributed by atoms with van der Waals surface area (Å²) >= 11 is 0. The second-order valence-corrected chi connectivity index (χ2v) is 2.60. The van der Waals surface area contributed by atoms with Gasteiger partial charge >= 0.3 is 0 Å². The molecule has 2 atom stereocenters. The van der Waals surface area contributed by atoms with E-state index in [1.54, 1.807) is 13.8 Å². The largest absolute Gasteiger partial charge is 0.379 e. The highest BCUT2D eigenvalue weighted by Crippen LogP contribution is 1.97. The van der Waals surface area contributed by atoms with Crippen molar-refractivity contribution in [1.29, 1.82) is 10.5 Å². The second kappa shape index (κ2) is 5.70. The van der Waals surface area contributed by atoms with Gasteiger partial charge < -0.3 is 4.74 Å². The van der Waals surface area contributed by atoms with Crippen LogP contribution in [0.1, 0.15) is 13.8 Å². The molecule has 0 saturated carbocycles. The van der Waals surface area contributed by atoms with Crippen molar-refractivity contribution in [3.05, 3.63) is 0 Å². The van der Waals surface area contributed by atoms with Crippen LogP contribution < -0.4 is 0 Å². The molecule has 0 fully saturated rings. The smallest absolute Gasteiger partial charge is 0.0677 e. The summed E-state index contributed by atoms with van der Waals surface area (Å²) in [4.78, 5) is 0. The molecule has 0 aliphatic heterocycles. The van der Waals surface area contributed by atoms with E-state index in [0.29, 0.717) is 13.2 Å². The Morgan fingerprint density at radius 3 is 1.73 bits per heavy atom. The quantitative estimate of drug-likeness (QED) is 0.610. The second-order valence-electron chi connectivity index (χ2n) is 2.60. The maximum absolute atomic E-state index is 8.36. The Hall–Kier alpha value is -1.06. The van der Waals surface area contributed by atoms with Gasteiger partial charge in [-0.2, -0.15) is 10.5 Å². The van der Waals surface area contributed by atoms with Gasteiger partial charge in [0.05, 0.1) is 37.2 Å². The summed E-state index contributed by atoms with van der Waals surface area (Å²) < 4.78 is 5.09. The Bertz CT molecular complexity index is 158. The molecule has 3 nitrogen and oxygen atoms in total. The van der Waals surface area contributed by atoms with Crippen LogP contribution in [0.4, 0.5) is 0 Å². The van der Waals surface area contributed by atoms with Crippen LogP contribution in [0, 0.1) is 34.5 Å². The Labute approximate surface area is 67.2 Å². The lowest BCUT2D eigenvalue weighted by atomic mass is 10.2. The molecule has 3 heteroatoms. The molecule has 0 aliphatic rings. The van der Waals surface area contributed by atoms with E-state index in [9.17, 15) is 0 Å². The summed E-state index contributed by atoms with van der Waals surface area (Å²) in [5.41, 5.74) is 0. The van der Waals surface area contributed by atoms with E-state index >= 15 is 0 Å². The maximum Gasteiger partial charge on any atom is 0.0677 e. The van der Waals surface area contributed by atoms with Gasteiger partial charge in [0.2, 0.25) is 0 Å². The van der Waals surface area contributed by atoms with Gasteiger partial charge in [-0.15, -0.1) is 0 Å². The minimum Gasteiger partial charge on any atom is -0.379 e. The number of hydrogen-bond donors (Lipinski definition) is 0. The van der Waals surface area contributed by atoms with E-state index in [2.05, 4.69) is 0 Å². The van der Waals surface area contributed by atoms with Crippen molar-refractivity contribution in [2.24, 2.45) is 11.8 Å². The topological polar surface area (TPSA) is 56.8 Å². The highest BCUT2D eigenvalue weighted by molar-refractivity contribution is 4.80. The molecule has 0 aromatic rings. The molecule has 2 unspecified atom stereocenters. The first-order chi connectivity index (χ1) is 5.20. The van der Waals surface area contributed by atoms with Crippen molar-refractivity contribution in [2.75, 3.05) is 13.2 Å². The average Bonchev–Trinajstić information content (AvgIpc) is 2.04. The Kier molecular flexibility index (Phi) is 5.15. The van der Waals surface area contributed by atoms with Crippen molar-refractivity contribution in [2.45, 2.75) is 13.8 Å². The summed E-state index contributed by atoms with van der Waals surface area (Å²) in [7, 11) is 0. The van der Waals surface area contributed by atoms with E-state index in [4.69, 9.17) is 15.3 Å². The van der Waals surface area contributed by atoms with Crippen LogP contribution in [0.2, 0.25) is 0 Å². The number of hydrogen-bond acceptors (Lipinski definition) is 3. The van der Waals surface area contributed by atoms with Gasteiger partial charge in [-0.05, 0) is 13.8 Å². The third-order valence-corrected chi connectivity index (χ3v) is 1.18. The molecule has 0 spiro atoms. The molecular formula is C8H12N2O. The van der Waals surface area contributed by atoms with Gasteiger partial charge in [-0.3, -0.25) is 0 Å². The van der Waals surface area contributed by atoms with Crippen LogP contribution in [0.3, 0.4) is 0 Å². The lowest BCUT2D eigenvalue weighted by Gasteiger charge is -2.05. The van der Waals surface area contributed by atoms with Gasteiger partial charge in [0.15, 0.2) is 0 Å². The molecule has 0 aliphatic carbocycles. The Balaban J connectivity index is 3.30. The fraction of sp³-hybridized carbons (Fsp3) is 0.750. The molecule has 0 radical (unpaired) electrons. The summed E-state index contributed by atoms with van der Waals surface area (Å²) in [6, 6.07) is 4.10. The zero-order valence-electron chi connectivity index (χ0n) is 6.87. The fourth-order valence-electron chi connectivity index (χ4n) is 0.496. The first-order valence-electron chi connectivity index (χ1n) is 3.57. The van der Waals surface area contributed by atoms with Crippen LogP contribution in [0.5, 0.6) is 0 Å². The molecule has 11 heavy (non-hydrogen) atoms. The van der Waals surface area contributed by atoms with Crippen molar-refractivity contribution in [3.8, 4) is 12.1 Å². The molecule has 0 aromatic heterocycles. The van der Waals surface area contributed by atoms with Crippen LogP contribution in [-0.4, -0.2) is 13.2 Å². The zero-order valence-corrected chi connectivity index (χ0v) is 6.87. The van der Waals surface area contributed by atoms with E-state index in [1.807, 2.05) is 12.1 Å². The highest BCUT2D eigenvalue weighted by atomic mass is 16.5. The van der Waals surface area contributed by atoms with Crippen molar-refractivity contribution >= 4 is 0 Å². The van der Waals surface area contributed by atoms with Crippen molar-refractivity contribution < 1.29 is 4.74 Å². The molecule has 60 valence electrons. The van der Waals surface area contributed by atoms with Crippen molar-refractivity contribution in [3.63, 3.8) is 0 Å². The summed E-state index contributed by atoms with van der Waals surface area (Å²) in [5, 5.41) is 16.7. The predicted molar refractivity (Wildman–Crippen MR) is 40.4 cm³/mol.